The number of halogens is 4. The molecule has 96 valence electrons. The van der Waals surface area contributed by atoms with Gasteiger partial charge in [-0.1, -0.05) is 0 Å². The van der Waals surface area contributed by atoms with E-state index in [1.54, 1.807) is 0 Å². The molecule has 17 heavy (non-hydrogen) atoms. The Morgan fingerprint density at radius 2 is 2.06 bits per heavy atom. The Balaban J connectivity index is 3.26. The van der Waals surface area contributed by atoms with Crippen LogP contribution in [-0.4, -0.2) is 24.5 Å². The molecule has 0 aliphatic rings. The number of alkyl halides is 4. The maximum atomic E-state index is 12.4. The average molecular weight is 288 g/mol. The van der Waals surface area contributed by atoms with Crippen LogP contribution in [0, 0.1) is 0 Å². The molecule has 0 spiro atoms. The zero-order valence-corrected chi connectivity index (χ0v) is 10.3. The summed E-state index contributed by atoms with van der Waals surface area (Å²) < 4.78 is 60.6. The highest BCUT2D eigenvalue weighted by Gasteiger charge is 2.33. The van der Waals surface area contributed by atoms with Gasteiger partial charge in [-0.3, -0.25) is 0 Å². The van der Waals surface area contributed by atoms with Crippen molar-refractivity contribution in [3.8, 4) is 0 Å². The first-order valence-corrected chi connectivity index (χ1v) is 6.60. The fraction of sp³-hybridized carbons (Fsp3) is 0.444. The van der Waals surface area contributed by atoms with Crippen LogP contribution >= 0.6 is 11.6 Å². The van der Waals surface area contributed by atoms with Crippen molar-refractivity contribution in [2.24, 2.45) is 0 Å². The number of rotatable bonds is 3. The molecule has 1 aromatic heterocycles. The monoisotopic (exact) mass is 287 g/mol. The van der Waals surface area contributed by atoms with Gasteiger partial charge in [-0.25, -0.2) is 13.4 Å². The second kappa shape index (κ2) is 4.81. The van der Waals surface area contributed by atoms with Gasteiger partial charge in [0.2, 0.25) is 0 Å². The quantitative estimate of drug-likeness (QED) is 0.803. The summed E-state index contributed by atoms with van der Waals surface area (Å²) in [5.74, 6) is -0.208. The van der Waals surface area contributed by atoms with Crippen molar-refractivity contribution in [1.82, 2.24) is 4.98 Å². The minimum Gasteiger partial charge on any atom is -0.245 e. The highest BCUT2D eigenvalue weighted by molar-refractivity contribution is 7.92. The van der Waals surface area contributed by atoms with Gasteiger partial charge in [-0.15, -0.1) is 11.6 Å². The molecule has 0 N–H and O–H groups in total. The van der Waals surface area contributed by atoms with Crippen molar-refractivity contribution in [2.45, 2.75) is 23.4 Å². The summed E-state index contributed by atoms with van der Waals surface area (Å²) in [6, 6.07) is 1.22. The third-order valence-corrected chi connectivity index (χ3v) is 4.78. The van der Waals surface area contributed by atoms with Gasteiger partial charge in [0, 0.05) is 12.1 Å². The minimum atomic E-state index is -4.60. The Hall–Kier alpha value is -0.820. The molecule has 0 bridgehead atoms. The maximum absolute atomic E-state index is 12.4. The number of hydrogen-bond donors (Lipinski definition) is 0. The van der Waals surface area contributed by atoms with E-state index in [-0.39, 0.29) is 5.88 Å². The fourth-order valence-electron chi connectivity index (χ4n) is 1.03. The van der Waals surface area contributed by atoms with Crippen molar-refractivity contribution < 1.29 is 21.6 Å². The van der Waals surface area contributed by atoms with E-state index >= 15 is 0 Å². The molecule has 0 saturated carbocycles. The molecule has 1 rings (SSSR count). The van der Waals surface area contributed by atoms with Crippen LogP contribution in [0.1, 0.15) is 12.5 Å². The predicted molar refractivity (Wildman–Crippen MR) is 56.6 cm³/mol. The molecular formula is C9H9ClF3NO2S. The van der Waals surface area contributed by atoms with Gasteiger partial charge >= 0.3 is 6.18 Å². The molecular weight excluding hydrogens is 279 g/mol. The van der Waals surface area contributed by atoms with E-state index in [1.807, 2.05) is 0 Å². The van der Waals surface area contributed by atoms with E-state index in [4.69, 9.17) is 11.6 Å². The largest absolute Gasteiger partial charge is 0.416 e. The molecule has 0 radical (unpaired) electrons. The summed E-state index contributed by atoms with van der Waals surface area (Å²) in [6.45, 7) is 1.31. The van der Waals surface area contributed by atoms with Crippen LogP contribution in [0.4, 0.5) is 13.2 Å². The normalized spacial score (nSPS) is 14.6. The Labute approximate surface area is 102 Å². The topological polar surface area (TPSA) is 47.0 Å². The average Bonchev–Trinajstić information content (AvgIpc) is 2.27. The van der Waals surface area contributed by atoms with Gasteiger partial charge < -0.3 is 0 Å². The van der Waals surface area contributed by atoms with E-state index in [0.29, 0.717) is 12.1 Å². The summed E-state index contributed by atoms with van der Waals surface area (Å²) in [6.07, 6.45) is -3.78. The summed E-state index contributed by atoms with van der Waals surface area (Å²) in [5.41, 5.74) is -1.05. The van der Waals surface area contributed by atoms with E-state index in [1.165, 1.54) is 6.92 Å². The van der Waals surface area contributed by atoms with E-state index < -0.39 is 31.9 Å². The number of pyridine rings is 1. The molecule has 3 nitrogen and oxygen atoms in total. The van der Waals surface area contributed by atoms with Crippen LogP contribution < -0.4 is 0 Å². The Morgan fingerprint density at radius 1 is 1.47 bits per heavy atom. The van der Waals surface area contributed by atoms with E-state index in [0.717, 1.165) is 6.20 Å². The first-order chi connectivity index (χ1) is 7.69. The molecule has 1 unspecified atom stereocenters. The van der Waals surface area contributed by atoms with Gasteiger partial charge in [0.25, 0.3) is 0 Å². The molecule has 0 amide bonds. The van der Waals surface area contributed by atoms with Crippen molar-refractivity contribution in [3.05, 3.63) is 23.9 Å². The molecule has 1 aromatic rings. The van der Waals surface area contributed by atoms with Crippen LogP contribution in [-0.2, 0) is 16.0 Å². The third kappa shape index (κ3) is 3.10. The lowest BCUT2D eigenvalue weighted by molar-refractivity contribution is -0.137. The third-order valence-electron chi connectivity index (χ3n) is 2.10. The Morgan fingerprint density at radius 3 is 2.53 bits per heavy atom. The summed E-state index contributed by atoms with van der Waals surface area (Å²) >= 11 is 5.39. The molecule has 8 heteroatoms. The molecule has 0 fully saturated rings. The van der Waals surface area contributed by atoms with Crippen LogP contribution in [0.5, 0.6) is 0 Å². The van der Waals surface area contributed by atoms with Crippen LogP contribution in [0.25, 0.3) is 0 Å². The first-order valence-electron chi connectivity index (χ1n) is 4.52. The van der Waals surface area contributed by atoms with E-state index in [2.05, 4.69) is 4.98 Å². The van der Waals surface area contributed by atoms with Crippen LogP contribution in [0.15, 0.2) is 23.4 Å². The van der Waals surface area contributed by atoms with Gasteiger partial charge in [-0.05, 0) is 19.1 Å². The molecule has 1 heterocycles. The predicted octanol–water partition coefficient (Wildman–Crippen LogP) is 2.50. The number of hydrogen-bond acceptors (Lipinski definition) is 3. The number of aromatic nitrogens is 1. The highest BCUT2D eigenvalue weighted by Crippen LogP contribution is 2.30. The minimum absolute atomic E-state index is 0.208. The maximum Gasteiger partial charge on any atom is 0.416 e. The zero-order valence-electron chi connectivity index (χ0n) is 8.70. The first kappa shape index (κ1) is 14.2. The smallest absolute Gasteiger partial charge is 0.245 e. The molecule has 0 aliphatic carbocycles. The Kier molecular flexibility index (Phi) is 4.03. The van der Waals surface area contributed by atoms with Crippen LogP contribution in [0.3, 0.4) is 0 Å². The van der Waals surface area contributed by atoms with Gasteiger partial charge in [0.1, 0.15) is 0 Å². The molecule has 1 atom stereocenters. The summed E-state index contributed by atoms with van der Waals surface area (Å²) in [4.78, 5) is 3.45. The SMILES string of the molecule is CC(CCl)S(=O)(=O)c1cc(C(F)(F)F)ccn1. The standard InChI is InChI=1S/C9H9ClF3NO2S/c1-6(5-10)17(15,16)8-4-7(2-3-14-8)9(11,12)13/h2-4,6H,5H2,1H3. The second-order valence-electron chi connectivity index (χ2n) is 3.39. The molecule has 0 saturated heterocycles. The lowest BCUT2D eigenvalue weighted by Crippen LogP contribution is -2.21. The van der Waals surface area contributed by atoms with Crippen molar-refractivity contribution >= 4 is 21.4 Å². The summed E-state index contributed by atoms with van der Waals surface area (Å²) in [5, 5.41) is -1.60. The van der Waals surface area contributed by atoms with Crippen molar-refractivity contribution in [2.75, 3.05) is 5.88 Å². The Bertz CT molecular complexity index is 501. The fourth-order valence-corrected chi connectivity index (χ4v) is 2.61. The van der Waals surface area contributed by atoms with Gasteiger partial charge in [-0.2, -0.15) is 13.2 Å². The summed E-state index contributed by atoms with van der Waals surface area (Å²) in [7, 11) is -3.91. The molecule has 0 aliphatic heterocycles. The zero-order chi connectivity index (χ0) is 13.3. The van der Waals surface area contributed by atoms with Gasteiger partial charge in [0.15, 0.2) is 14.9 Å². The van der Waals surface area contributed by atoms with Gasteiger partial charge in [0.05, 0.1) is 10.8 Å². The highest BCUT2D eigenvalue weighted by atomic mass is 35.5. The lowest BCUT2D eigenvalue weighted by Gasteiger charge is -2.11. The second-order valence-corrected chi connectivity index (χ2v) is 6.01. The number of sulfone groups is 1. The number of nitrogens with zero attached hydrogens (tertiary/aromatic N) is 1. The van der Waals surface area contributed by atoms with Crippen molar-refractivity contribution in [1.29, 1.82) is 0 Å². The van der Waals surface area contributed by atoms with Crippen LogP contribution in [0.2, 0.25) is 0 Å². The molecule has 0 aromatic carbocycles. The van der Waals surface area contributed by atoms with Crippen molar-refractivity contribution in [3.63, 3.8) is 0 Å². The van der Waals surface area contributed by atoms with E-state index in [9.17, 15) is 21.6 Å². The lowest BCUT2D eigenvalue weighted by atomic mass is 10.3.